The highest BCUT2D eigenvalue weighted by molar-refractivity contribution is 7.22. The van der Waals surface area contributed by atoms with E-state index in [-0.39, 0.29) is 0 Å². The summed E-state index contributed by atoms with van der Waals surface area (Å²) in [5.41, 5.74) is 4.02. The molecule has 6 rings (SSSR count). The van der Waals surface area contributed by atoms with Crippen LogP contribution < -0.4 is 0 Å². The van der Waals surface area contributed by atoms with Gasteiger partial charge in [0, 0.05) is 16.8 Å². The molecule has 1 aliphatic carbocycles. The van der Waals surface area contributed by atoms with Gasteiger partial charge in [-0.05, 0) is 31.0 Å². The summed E-state index contributed by atoms with van der Waals surface area (Å²) in [6, 6.07) is 12.4. The number of benzene rings is 1. The molecule has 0 spiro atoms. The van der Waals surface area contributed by atoms with E-state index in [1.165, 1.54) is 18.2 Å². The number of hydrogen-bond acceptors (Lipinski definition) is 5. The first kappa shape index (κ1) is 13.4. The molecule has 2 N–H and O–H groups in total. The van der Waals surface area contributed by atoms with Gasteiger partial charge in [0.25, 0.3) is 5.89 Å². The van der Waals surface area contributed by atoms with E-state index in [2.05, 4.69) is 43.5 Å². The summed E-state index contributed by atoms with van der Waals surface area (Å²) in [4.78, 5) is 8.96. The lowest BCUT2D eigenvalue weighted by Gasteiger charge is -1.90. The second-order valence-corrected chi connectivity index (χ2v) is 7.48. The number of aromatic amines is 2. The van der Waals surface area contributed by atoms with Crippen molar-refractivity contribution < 1.29 is 4.52 Å². The van der Waals surface area contributed by atoms with Gasteiger partial charge in [-0.2, -0.15) is 10.1 Å². The standard InChI is InChI=1S/C18H13N5OS/c1-2-4-11-10(3-1)7-12(19-11)15-16-13(21-22-15)8-14(25-16)18-20-17(23-24-18)9-5-6-9/h1-4,7-9,19H,5-6H2,(H,21,22). The Morgan fingerprint density at radius 3 is 2.92 bits per heavy atom. The van der Waals surface area contributed by atoms with Crippen molar-refractivity contribution in [3.05, 3.63) is 42.2 Å². The van der Waals surface area contributed by atoms with Crippen LogP contribution in [0, 0.1) is 0 Å². The molecule has 7 heteroatoms. The average molecular weight is 347 g/mol. The van der Waals surface area contributed by atoms with Crippen LogP contribution in [0.1, 0.15) is 24.6 Å². The lowest BCUT2D eigenvalue weighted by Crippen LogP contribution is -1.80. The summed E-state index contributed by atoms with van der Waals surface area (Å²) in [5.74, 6) is 1.92. The average Bonchev–Trinajstić information content (AvgIpc) is 3.03. The third kappa shape index (κ3) is 2.05. The van der Waals surface area contributed by atoms with E-state index in [1.54, 1.807) is 11.3 Å². The molecule has 4 aromatic heterocycles. The van der Waals surface area contributed by atoms with Gasteiger partial charge in [-0.15, -0.1) is 11.3 Å². The molecule has 0 amide bonds. The van der Waals surface area contributed by atoms with E-state index in [0.717, 1.165) is 37.8 Å². The molecule has 4 heterocycles. The molecular formula is C18H13N5OS. The largest absolute Gasteiger partial charge is 0.353 e. The van der Waals surface area contributed by atoms with E-state index in [0.29, 0.717) is 11.8 Å². The van der Waals surface area contributed by atoms with Crippen LogP contribution in [0.2, 0.25) is 0 Å². The summed E-state index contributed by atoms with van der Waals surface area (Å²) in [6.45, 7) is 0. The van der Waals surface area contributed by atoms with Crippen LogP contribution in [0.15, 0.2) is 40.9 Å². The normalized spacial score (nSPS) is 14.7. The molecule has 1 aromatic carbocycles. The molecule has 0 bridgehead atoms. The molecule has 0 radical (unpaired) electrons. The van der Waals surface area contributed by atoms with E-state index in [9.17, 15) is 0 Å². The maximum absolute atomic E-state index is 5.45. The molecule has 0 aliphatic heterocycles. The number of aromatic nitrogens is 5. The van der Waals surface area contributed by atoms with Crippen molar-refractivity contribution in [1.82, 2.24) is 25.3 Å². The van der Waals surface area contributed by atoms with E-state index < -0.39 is 0 Å². The Labute approximate surface area is 145 Å². The van der Waals surface area contributed by atoms with Gasteiger partial charge < -0.3 is 9.51 Å². The lowest BCUT2D eigenvalue weighted by atomic mass is 10.2. The monoisotopic (exact) mass is 347 g/mol. The second-order valence-electron chi connectivity index (χ2n) is 6.43. The molecule has 25 heavy (non-hydrogen) atoms. The van der Waals surface area contributed by atoms with Crippen LogP contribution in [-0.2, 0) is 0 Å². The Hall–Kier alpha value is -2.93. The van der Waals surface area contributed by atoms with E-state index >= 15 is 0 Å². The Balaban J connectivity index is 1.46. The number of nitrogens with zero attached hydrogens (tertiary/aromatic N) is 3. The van der Waals surface area contributed by atoms with Crippen LogP contribution in [-0.4, -0.2) is 25.3 Å². The number of H-pyrrole nitrogens is 2. The van der Waals surface area contributed by atoms with Gasteiger partial charge >= 0.3 is 0 Å². The van der Waals surface area contributed by atoms with Crippen LogP contribution >= 0.6 is 11.3 Å². The summed E-state index contributed by atoms with van der Waals surface area (Å²) < 4.78 is 6.54. The SMILES string of the molecule is c1ccc2[nH]c(-c3n[nH]c4cc(-c5nc(C6CC6)no5)sc34)cc2c1. The highest BCUT2D eigenvalue weighted by Gasteiger charge is 2.29. The fraction of sp³-hybridized carbons (Fsp3) is 0.167. The Kier molecular flexibility index (Phi) is 2.56. The third-order valence-corrected chi connectivity index (χ3v) is 5.75. The minimum absolute atomic E-state index is 0.492. The van der Waals surface area contributed by atoms with Gasteiger partial charge in [0.15, 0.2) is 5.82 Å². The molecule has 0 unspecified atom stereocenters. The van der Waals surface area contributed by atoms with Gasteiger partial charge in [0.2, 0.25) is 0 Å². The van der Waals surface area contributed by atoms with Gasteiger partial charge in [-0.25, -0.2) is 0 Å². The van der Waals surface area contributed by atoms with Crippen molar-refractivity contribution in [3.63, 3.8) is 0 Å². The quantitative estimate of drug-likeness (QED) is 0.495. The van der Waals surface area contributed by atoms with Crippen LogP contribution in [0.5, 0.6) is 0 Å². The Bertz CT molecular complexity index is 1190. The van der Waals surface area contributed by atoms with Crippen molar-refractivity contribution in [2.24, 2.45) is 0 Å². The van der Waals surface area contributed by atoms with E-state index in [4.69, 9.17) is 4.52 Å². The first-order chi connectivity index (χ1) is 12.3. The summed E-state index contributed by atoms with van der Waals surface area (Å²) in [7, 11) is 0. The molecule has 6 nitrogen and oxygen atoms in total. The zero-order valence-corrected chi connectivity index (χ0v) is 13.9. The van der Waals surface area contributed by atoms with Crippen molar-refractivity contribution in [1.29, 1.82) is 0 Å². The minimum Gasteiger partial charge on any atom is -0.353 e. The maximum Gasteiger partial charge on any atom is 0.268 e. The highest BCUT2D eigenvalue weighted by atomic mass is 32.1. The van der Waals surface area contributed by atoms with Gasteiger partial charge in [-0.3, -0.25) is 5.10 Å². The molecule has 1 aliphatic rings. The molecule has 122 valence electrons. The summed E-state index contributed by atoms with van der Waals surface area (Å²) >= 11 is 1.62. The van der Waals surface area contributed by atoms with Crippen LogP contribution in [0.4, 0.5) is 0 Å². The highest BCUT2D eigenvalue weighted by Crippen LogP contribution is 2.41. The first-order valence-electron chi connectivity index (χ1n) is 8.25. The molecular weight excluding hydrogens is 334 g/mol. The van der Waals surface area contributed by atoms with Crippen LogP contribution in [0.25, 0.3) is 43.3 Å². The topological polar surface area (TPSA) is 83.4 Å². The number of fused-ring (bicyclic) bond motifs is 2. The van der Waals surface area contributed by atoms with Gasteiger partial charge in [-0.1, -0.05) is 23.4 Å². The number of rotatable bonds is 3. The Morgan fingerprint density at radius 2 is 2.04 bits per heavy atom. The smallest absolute Gasteiger partial charge is 0.268 e. The second kappa shape index (κ2) is 4.80. The van der Waals surface area contributed by atoms with Gasteiger partial charge in [0.05, 0.1) is 20.8 Å². The lowest BCUT2D eigenvalue weighted by molar-refractivity contribution is 0.423. The first-order valence-corrected chi connectivity index (χ1v) is 9.07. The third-order valence-electron chi connectivity index (χ3n) is 4.62. The maximum atomic E-state index is 5.45. The van der Waals surface area contributed by atoms with E-state index in [1.807, 2.05) is 18.2 Å². The molecule has 0 atom stereocenters. The molecule has 1 saturated carbocycles. The fourth-order valence-electron chi connectivity index (χ4n) is 3.15. The Morgan fingerprint density at radius 1 is 1.12 bits per heavy atom. The van der Waals surface area contributed by atoms with Crippen molar-refractivity contribution in [2.45, 2.75) is 18.8 Å². The molecule has 1 fully saturated rings. The fourth-order valence-corrected chi connectivity index (χ4v) is 4.18. The number of nitrogens with one attached hydrogen (secondary N) is 2. The predicted molar refractivity (Wildman–Crippen MR) is 96.5 cm³/mol. The minimum atomic E-state index is 0.492. The predicted octanol–water partition coefficient (Wildman–Crippen LogP) is 4.70. The zero-order chi connectivity index (χ0) is 16.4. The summed E-state index contributed by atoms with van der Waals surface area (Å²) in [6.07, 6.45) is 2.33. The van der Waals surface area contributed by atoms with Crippen molar-refractivity contribution in [2.75, 3.05) is 0 Å². The van der Waals surface area contributed by atoms with Crippen LogP contribution in [0.3, 0.4) is 0 Å². The van der Waals surface area contributed by atoms with Crippen molar-refractivity contribution >= 4 is 32.5 Å². The van der Waals surface area contributed by atoms with Gasteiger partial charge in [0.1, 0.15) is 5.69 Å². The number of hydrogen-bond donors (Lipinski definition) is 2. The number of thiophene rings is 1. The van der Waals surface area contributed by atoms with Crippen molar-refractivity contribution in [3.8, 4) is 22.2 Å². The molecule has 0 saturated heterocycles. The number of para-hydroxylation sites is 1. The summed E-state index contributed by atoms with van der Waals surface area (Å²) in [5, 5.41) is 12.9. The zero-order valence-electron chi connectivity index (χ0n) is 13.1. The molecule has 5 aromatic rings.